The molecule has 2 fully saturated rings. The van der Waals surface area contributed by atoms with Gasteiger partial charge in [-0.1, -0.05) is 36.1 Å². The molecule has 7 nitrogen and oxygen atoms in total. The van der Waals surface area contributed by atoms with Gasteiger partial charge in [-0.3, -0.25) is 4.79 Å². The van der Waals surface area contributed by atoms with E-state index in [1.54, 1.807) is 30.3 Å². The molecule has 9 heteroatoms. The fraction of sp³-hybridized carbons (Fsp3) is 0.211. The summed E-state index contributed by atoms with van der Waals surface area (Å²) in [5, 5.41) is 12.4. The van der Waals surface area contributed by atoms with Gasteiger partial charge in [-0.05, 0) is 24.3 Å². The second-order valence-electron chi connectivity index (χ2n) is 6.14. The van der Waals surface area contributed by atoms with Gasteiger partial charge in [0.1, 0.15) is 11.5 Å². The molecular weight excluding hydrogens is 400 g/mol. The molecule has 28 heavy (non-hydrogen) atoms. The molecule has 2 aliphatic heterocycles. The Hall–Kier alpha value is -2.46. The van der Waals surface area contributed by atoms with E-state index >= 15 is 0 Å². The number of carboxylic acid groups (broad SMARTS) is 1. The van der Waals surface area contributed by atoms with E-state index in [0.29, 0.717) is 47.0 Å². The molecule has 3 heterocycles. The maximum Gasteiger partial charge on any atom is 0.335 e. The van der Waals surface area contributed by atoms with E-state index in [1.165, 1.54) is 28.9 Å². The topological polar surface area (TPSA) is 83.2 Å². The number of aromatic carboxylic acids is 1. The Bertz CT molecular complexity index is 961. The van der Waals surface area contributed by atoms with Crippen LogP contribution in [0.2, 0.25) is 0 Å². The van der Waals surface area contributed by atoms with Gasteiger partial charge in [0.05, 0.1) is 23.7 Å². The number of rotatable bonds is 4. The summed E-state index contributed by atoms with van der Waals surface area (Å²) in [5.41, 5.74) is 0.966. The summed E-state index contributed by atoms with van der Waals surface area (Å²) >= 11 is 6.61. The molecular formula is C19H16N2O5S2. The molecule has 1 N–H and O–H groups in total. The van der Waals surface area contributed by atoms with Crippen molar-refractivity contribution >= 4 is 46.3 Å². The van der Waals surface area contributed by atoms with Gasteiger partial charge in [-0.25, -0.2) is 14.8 Å². The maximum absolute atomic E-state index is 12.8. The summed E-state index contributed by atoms with van der Waals surface area (Å²) in [5.74, 6) is -0.0266. The zero-order valence-corrected chi connectivity index (χ0v) is 16.3. The van der Waals surface area contributed by atoms with Crippen LogP contribution in [0, 0.1) is 0 Å². The summed E-state index contributed by atoms with van der Waals surface area (Å²) in [7, 11) is 0. The molecule has 1 amide bonds. The average molecular weight is 416 g/mol. The summed E-state index contributed by atoms with van der Waals surface area (Å²) in [6.45, 7) is 2.38. The van der Waals surface area contributed by atoms with Gasteiger partial charge >= 0.3 is 5.97 Å². The lowest BCUT2D eigenvalue weighted by molar-refractivity contribution is -0.138. The minimum atomic E-state index is -0.978. The Balaban J connectivity index is 1.52. The van der Waals surface area contributed by atoms with E-state index < -0.39 is 5.97 Å². The van der Waals surface area contributed by atoms with Crippen LogP contribution < -0.4 is 0 Å². The molecule has 2 aromatic rings. The van der Waals surface area contributed by atoms with Crippen molar-refractivity contribution in [3.63, 3.8) is 0 Å². The Labute approximate surface area is 170 Å². The quantitative estimate of drug-likeness (QED) is 0.601. The highest BCUT2D eigenvalue weighted by atomic mass is 32.2. The zero-order valence-electron chi connectivity index (χ0n) is 14.7. The number of morpholine rings is 1. The SMILES string of the molecule is O=C(O)c1ccc(-c2ccc(C=C3SC(=S)N(N4CCOCC4)C3=O)o2)cc1. The van der Waals surface area contributed by atoms with Crippen LogP contribution in [0.25, 0.3) is 17.4 Å². The van der Waals surface area contributed by atoms with E-state index in [0.717, 1.165) is 5.56 Å². The highest BCUT2D eigenvalue weighted by Crippen LogP contribution is 2.34. The van der Waals surface area contributed by atoms with E-state index in [9.17, 15) is 9.59 Å². The normalized spacial score (nSPS) is 19.6. The van der Waals surface area contributed by atoms with Crippen molar-refractivity contribution in [2.45, 2.75) is 0 Å². The van der Waals surface area contributed by atoms with Crippen LogP contribution in [0.5, 0.6) is 0 Å². The summed E-state index contributed by atoms with van der Waals surface area (Å²) < 4.78 is 11.6. The second kappa shape index (κ2) is 7.88. The lowest BCUT2D eigenvalue weighted by Crippen LogP contribution is -2.50. The Morgan fingerprint density at radius 2 is 1.86 bits per heavy atom. The highest BCUT2D eigenvalue weighted by Gasteiger charge is 2.37. The van der Waals surface area contributed by atoms with Crippen molar-refractivity contribution in [2.75, 3.05) is 26.3 Å². The van der Waals surface area contributed by atoms with Gasteiger partial charge in [0.2, 0.25) is 0 Å². The second-order valence-corrected chi connectivity index (χ2v) is 7.82. The standard InChI is InChI=1S/C19H16N2O5S2/c22-17-16(28-19(27)21(17)20-7-9-25-10-8-20)11-14-5-6-15(26-14)12-1-3-13(4-2-12)18(23)24/h1-6,11H,7-10H2,(H,23,24). The predicted octanol–water partition coefficient (Wildman–Crippen LogP) is 3.09. The number of carbonyl (C=O) groups excluding carboxylic acids is 1. The average Bonchev–Trinajstić information content (AvgIpc) is 3.27. The molecule has 144 valence electrons. The number of benzene rings is 1. The number of carbonyl (C=O) groups is 2. The molecule has 0 atom stereocenters. The van der Waals surface area contributed by atoms with Crippen LogP contribution in [-0.2, 0) is 9.53 Å². The van der Waals surface area contributed by atoms with E-state index in [1.807, 2.05) is 5.01 Å². The van der Waals surface area contributed by atoms with Gasteiger partial charge < -0.3 is 14.3 Å². The molecule has 0 spiro atoms. The number of hydrogen-bond acceptors (Lipinski definition) is 7. The number of furan rings is 1. The highest BCUT2D eigenvalue weighted by molar-refractivity contribution is 8.26. The van der Waals surface area contributed by atoms with Crippen molar-refractivity contribution in [3.8, 4) is 11.3 Å². The molecule has 2 saturated heterocycles. The Morgan fingerprint density at radius 3 is 2.54 bits per heavy atom. The smallest absolute Gasteiger partial charge is 0.335 e. The molecule has 0 unspecified atom stereocenters. The number of ether oxygens (including phenoxy) is 1. The van der Waals surface area contributed by atoms with E-state index in [2.05, 4.69) is 0 Å². The summed E-state index contributed by atoms with van der Waals surface area (Å²) in [6.07, 6.45) is 1.68. The molecule has 0 aliphatic carbocycles. The summed E-state index contributed by atoms with van der Waals surface area (Å²) in [4.78, 5) is 24.2. The van der Waals surface area contributed by atoms with Crippen molar-refractivity contribution in [1.82, 2.24) is 10.0 Å². The van der Waals surface area contributed by atoms with Gasteiger partial charge in [-0.15, -0.1) is 0 Å². The first-order valence-corrected chi connectivity index (χ1v) is 9.79. The molecule has 4 rings (SSSR count). The fourth-order valence-corrected chi connectivity index (χ4v) is 4.24. The number of thioether (sulfide) groups is 1. The molecule has 1 aromatic carbocycles. The first kappa shape index (κ1) is 18.9. The Kier molecular flexibility index (Phi) is 5.31. The van der Waals surface area contributed by atoms with Crippen molar-refractivity contribution in [3.05, 3.63) is 52.6 Å². The van der Waals surface area contributed by atoms with Gasteiger partial charge in [0.25, 0.3) is 5.91 Å². The van der Waals surface area contributed by atoms with Crippen LogP contribution in [-0.4, -0.2) is 57.6 Å². The van der Waals surface area contributed by atoms with Crippen LogP contribution in [0.3, 0.4) is 0 Å². The largest absolute Gasteiger partial charge is 0.478 e. The molecule has 2 aliphatic rings. The molecule has 0 bridgehead atoms. The monoisotopic (exact) mass is 416 g/mol. The maximum atomic E-state index is 12.8. The van der Waals surface area contributed by atoms with Gasteiger partial charge in [0.15, 0.2) is 4.32 Å². The number of thiocarbonyl (C=S) groups is 1. The minimum Gasteiger partial charge on any atom is -0.478 e. The lowest BCUT2D eigenvalue weighted by Gasteiger charge is -2.33. The third-order valence-corrected chi connectivity index (χ3v) is 5.64. The fourth-order valence-electron chi connectivity index (χ4n) is 2.95. The van der Waals surface area contributed by atoms with Gasteiger partial charge in [0, 0.05) is 24.7 Å². The predicted molar refractivity (Wildman–Crippen MR) is 109 cm³/mol. The van der Waals surface area contributed by atoms with Crippen molar-refractivity contribution < 1.29 is 23.8 Å². The lowest BCUT2D eigenvalue weighted by atomic mass is 10.1. The minimum absolute atomic E-state index is 0.166. The van der Waals surface area contributed by atoms with E-state index in [4.69, 9.17) is 26.5 Å². The number of hydrogen-bond donors (Lipinski definition) is 1. The van der Waals surface area contributed by atoms with Crippen molar-refractivity contribution in [1.29, 1.82) is 0 Å². The summed E-state index contributed by atoms with van der Waals surface area (Å²) in [6, 6.07) is 9.96. The van der Waals surface area contributed by atoms with Crippen LogP contribution in [0.1, 0.15) is 16.1 Å². The van der Waals surface area contributed by atoms with E-state index in [-0.39, 0.29) is 11.5 Å². The molecule has 1 aromatic heterocycles. The number of amides is 1. The van der Waals surface area contributed by atoms with Crippen LogP contribution in [0.4, 0.5) is 0 Å². The van der Waals surface area contributed by atoms with Gasteiger partial charge in [-0.2, -0.15) is 0 Å². The number of hydrazine groups is 1. The molecule has 0 radical (unpaired) electrons. The zero-order chi connectivity index (χ0) is 19.7. The first-order chi connectivity index (χ1) is 13.5. The number of nitrogens with zero attached hydrogens (tertiary/aromatic N) is 2. The third-order valence-electron chi connectivity index (χ3n) is 4.36. The first-order valence-electron chi connectivity index (χ1n) is 8.57. The van der Waals surface area contributed by atoms with Crippen molar-refractivity contribution in [2.24, 2.45) is 0 Å². The van der Waals surface area contributed by atoms with Crippen LogP contribution in [0.15, 0.2) is 45.7 Å². The van der Waals surface area contributed by atoms with Crippen LogP contribution >= 0.6 is 24.0 Å². The molecule has 0 saturated carbocycles. The number of carboxylic acids is 1. The Morgan fingerprint density at radius 1 is 1.14 bits per heavy atom. The third kappa shape index (κ3) is 3.74.